The quantitative estimate of drug-likeness (QED) is 0.738. The van der Waals surface area contributed by atoms with Gasteiger partial charge in [0.2, 0.25) is 0 Å². The molecule has 0 saturated heterocycles. The zero-order valence-electron chi connectivity index (χ0n) is 8.83. The van der Waals surface area contributed by atoms with E-state index >= 15 is 0 Å². The van der Waals surface area contributed by atoms with Crippen molar-refractivity contribution in [3.8, 4) is 0 Å². The van der Waals surface area contributed by atoms with Gasteiger partial charge in [0.15, 0.2) is 0 Å². The van der Waals surface area contributed by atoms with Gasteiger partial charge >= 0.3 is 0 Å². The second-order valence-electron chi connectivity index (χ2n) is 4.35. The van der Waals surface area contributed by atoms with E-state index in [0.29, 0.717) is 5.92 Å². The SMILES string of the molecule is CC1CCc2cc(CO)cnc2C1C. The molecular formula is C12H17NO. The Morgan fingerprint density at radius 2 is 2.29 bits per heavy atom. The van der Waals surface area contributed by atoms with Crippen molar-refractivity contribution in [3.05, 3.63) is 29.1 Å². The first kappa shape index (κ1) is 9.66. The van der Waals surface area contributed by atoms with Crippen LogP contribution >= 0.6 is 0 Å². The van der Waals surface area contributed by atoms with Crippen LogP contribution in [0.4, 0.5) is 0 Å². The summed E-state index contributed by atoms with van der Waals surface area (Å²) in [5.41, 5.74) is 3.51. The number of aliphatic hydroxyl groups is 1. The number of aliphatic hydroxyl groups excluding tert-OH is 1. The number of nitrogens with zero attached hydrogens (tertiary/aromatic N) is 1. The lowest BCUT2D eigenvalue weighted by atomic mass is 9.80. The number of pyridine rings is 1. The number of hydrogen-bond acceptors (Lipinski definition) is 2. The summed E-state index contributed by atoms with van der Waals surface area (Å²) in [5.74, 6) is 1.29. The van der Waals surface area contributed by atoms with Crippen molar-refractivity contribution in [3.63, 3.8) is 0 Å². The van der Waals surface area contributed by atoms with Gasteiger partial charge < -0.3 is 5.11 Å². The second-order valence-corrected chi connectivity index (χ2v) is 4.35. The molecule has 14 heavy (non-hydrogen) atoms. The molecule has 2 unspecified atom stereocenters. The van der Waals surface area contributed by atoms with Crippen molar-refractivity contribution in [2.45, 2.75) is 39.2 Å². The van der Waals surface area contributed by atoms with Crippen LogP contribution in [0.15, 0.2) is 12.3 Å². The highest BCUT2D eigenvalue weighted by atomic mass is 16.3. The fraction of sp³-hybridized carbons (Fsp3) is 0.583. The molecule has 1 aromatic heterocycles. The highest BCUT2D eigenvalue weighted by Gasteiger charge is 2.23. The van der Waals surface area contributed by atoms with E-state index in [1.165, 1.54) is 17.7 Å². The molecule has 1 N–H and O–H groups in total. The van der Waals surface area contributed by atoms with Gasteiger partial charge in [-0.25, -0.2) is 0 Å². The van der Waals surface area contributed by atoms with Crippen LogP contribution in [-0.2, 0) is 13.0 Å². The first-order valence-electron chi connectivity index (χ1n) is 5.31. The molecule has 1 heterocycles. The lowest BCUT2D eigenvalue weighted by Gasteiger charge is -2.27. The third-order valence-corrected chi connectivity index (χ3v) is 3.39. The van der Waals surface area contributed by atoms with Crippen LogP contribution in [0, 0.1) is 5.92 Å². The first-order chi connectivity index (χ1) is 6.72. The Balaban J connectivity index is 2.38. The molecule has 2 heteroatoms. The van der Waals surface area contributed by atoms with Crippen molar-refractivity contribution in [2.75, 3.05) is 0 Å². The van der Waals surface area contributed by atoms with Crippen LogP contribution in [-0.4, -0.2) is 10.1 Å². The van der Waals surface area contributed by atoms with Crippen LogP contribution in [0.2, 0.25) is 0 Å². The first-order valence-corrected chi connectivity index (χ1v) is 5.31. The predicted molar refractivity (Wildman–Crippen MR) is 56.1 cm³/mol. The van der Waals surface area contributed by atoms with Crippen molar-refractivity contribution in [2.24, 2.45) is 5.92 Å². The average molecular weight is 191 g/mol. The molecule has 76 valence electrons. The molecule has 1 aromatic rings. The molecule has 2 nitrogen and oxygen atoms in total. The maximum atomic E-state index is 9.02. The minimum Gasteiger partial charge on any atom is -0.392 e. The van der Waals surface area contributed by atoms with Crippen LogP contribution < -0.4 is 0 Å². The van der Waals surface area contributed by atoms with Gasteiger partial charge in [0.05, 0.1) is 6.61 Å². The van der Waals surface area contributed by atoms with Crippen molar-refractivity contribution >= 4 is 0 Å². The summed E-state index contributed by atoms with van der Waals surface area (Å²) in [6, 6.07) is 2.10. The van der Waals surface area contributed by atoms with E-state index in [9.17, 15) is 0 Å². The number of fused-ring (bicyclic) bond motifs is 1. The zero-order valence-corrected chi connectivity index (χ0v) is 8.83. The monoisotopic (exact) mass is 191 g/mol. The van der Waals surface area contributed by atoms with Gasteiger partial charge in [0, 0.05) is 17.8 Å². The molecule has 1 aliphatic rings. The summed E-state index contributed by atoms with van der Waals surface area (Å²) >= 11 is 0. The standard InChI is InChI=1S/C12H17NO/c1-8-3-4-11-5-10(7-14)6-13-12(11)9(8)2/h5-6,8-9,14H,3-4,7H2,1-2H3. The van der Waals surface area contributed by atoms with E-state index < -0.39 is 0 Å². The van der Waals surface area contributed by atoms with Gasteiger partial charge in [-0.15, -0.1) is 0 Å². The molecule has 0 fully saturated rings. The molecule has 0 saturated carbocycles. The Hall–Kier alpha value is -0.890. The lowest BCUT2D eigenvalue weighted by molar-refractivity contribution is 0.280. The smallest absolute Gasteiger partial charge is 0.0696 e. The van der Waals surface area contributed by atoms with E-state index in [4.69, 9.17) is 5.11 Å². The summed E-state index contributed by atoms with van der Waals surface area (Å²) in [4.78, 5) is 4.46. The Morgan fingerprint density at radius 1 is 1.50 bits per heavy atom. The molecule has 0 radical (unpaired) electrons. The van der Waals surface area contributed by atoms with Crippen molar-refractivity contribution in [1.82, 2.24) is 4.98 Å². The van der Waals surface area contributed by atoms with Gasteiger partial charge in [0.25, 0.3) is 0 Å². The maximum Gasteiger partial charge on any atom is 0.0696 e. The summed E-state index contributed by atoms with van der Waals surface area (Å²) in [5, 5.41) is 9.02. The Morgan fingerprint density at radius 3 is 3.00 bits per heavy atom. The molecule has 0 spiro atoms. The predicted octanol–water partition coefficient (Wildman–Crippen LogP) is 2.26. The molecular weight excluding hydrogens is 174 g/mol. The molecule has 0 amide bonds. The number of aromatic nitrogens is 1. The van der Waals surface area contributed by atoms with Gasteiger partial charge in [-0.1, -0.05) is 19.9 Å². The van der Waals surface area contributed by atoms with Gasteiger partial charge in [-0.2, -0.15) is 0 Å². The Kier molecular flexibility index (Phi) is 2.55. The molecule has 2 atom stereocenters. The normalized spacial score (nSPS) is 25.9. The minimum absolute atomic E-state index is 0.101. The Labute approximate surface area is 85.0 Å². The molecule has 2 rings (SSSR count). The summed E-state index contributed by atoms with van der Waals surface area (Å²) in [6.07, 6.45) is 4.15. The van der Waals surface area contributed by atoms with Gasteiger partial charge in [-0.3, -0.25) is 4.98 Å². The number of hydrogen-bond donors (Lipinski definition) is 1. The minimum atomic E-state index is 0.101. The third kappa shape index (κ3) is 1.55. The summed E-state index contributed by atoms with van der Waals surface area (Å²) in [7, 11) is 0. The number of rotatable bonds is 1. The van der Waals surface area contributed by atoms with Gasteiger partial charge in [-0.05, 0) is 29.9 Å². The second kappa shape index (κ2) is 3.70. The maximum absolute atomic E-state index is 9.02. The molecule has 0 aromatic carbocycles. The average Bonchev–Trinajstić information content (AvgIpc) is 2.23. The van der Waals surface area contributed by atoms with Crippen LogP contribution in [0.1, 0.15) is 43.0 Å². The highest BCUT2D eigenvalue weighted by Crippen LogP contribution is 2.34. The van der Waals surface area contributed by atoms with E-state index in [1.807, 2.05) is 0 Å². The third-order valence-electron chi connectivity index (χ3n) is 3.39. The number of aryl methyl sites for hydroxylation is 1. The summed E-state index contributed by atoms with van der Waals surface area (Å²) in [6.45, 7) is 4.63. The van der Waals surface area contributed by atoms with Crippen molar-refractivity contribution in [1.29, 1.82) is 0 Å². The van der Waals surface area contributed by atoms with Crippen LogP contribution in [0.25, 0.3) is 0 Å². The summed E-state index contributed by atoms with van der Waals surface area (Å²) < 4.78 is 0. The lowest BCUT2D eigenvalue weighted by Crippen LogP contribution is -2.17. The van der Waals surface area contributed by atoms with E-state index in [-0.39, 0.29) is 6.61 Å². The highest BCUT2D eigenvalue weighted by molar-refractivity contribution is 5.30. The fourth-order valence-corrected chi connectivity index (χ4v) is 2.17. The van der Waals surface area contributed by atoms with E-state index in [2.05, 4.69) is 24.9 Å². The van der Waals surface area contributed by atoms with Gasteiger partial charge in [0.1, 0.15) is 0 Å². The van der Waals surface area contributed by atoms with Crippen LogP contribution in [0.3, 0.4) is 0 Å². The molecule has 1 aliphatic carbocycles. The molecule has 0 aliphatic heterocycles. The van der Waals surface area contributed by atoms with Crippen LogP contribution in [0.5, 0.6) is 0 Å². The molecule has 0 bridgehead atoms. The zero-order chi connectivity index (χ0) is 10.1. The van der Waals surface area contributed by atoms with E-state index in [0.717, 1.165) is 17.9 Å². The largest absolute Gasteiger partial charge is 0.392 e. The van der Waals surface area contributed by atoms with Crippen molar-refractivity contribution < 1.29 is 5.11 Å². The van der Waals surface area contributed by atoms with E-state index in [1.54, 1.807) is 6.20 Å². The Bertz CT molecular complexity index is 335. The topological polar surface area (TPSA) is 33.1 Å². The fourth-order valence-electron chi connectivity index (χ4n) is 2.17.